The lowest BCUT2D eigenvalue weighted by Gasteiger charge is -2.35. The fourth-order valence-corrected chi connectivity index (χ4v) is 3.13. The van der Waals surface area contributed by atoms with Gasteiger partial charge < -0.3 is 10.2 Å². The maximum atomic E-state index is 12.8. The van der Waals surface area contributed by atoms with E-state index in [1.54, 1.807) is 0 Å². The molecule has 0 atom stereocenters. The number of carbonyl (C=O) groups is 1. The average Bonchev–Trinajstić information content (AvgIpc) is 2.49. The lowest BCUT2D eigenvalue weighted by Crippen LogP contribution is -2.47. The maximum Gasteiger partial charge on any atom is 0.227 e. The summed E-state index contributed by atoms with van der Waals surface area (Å²) in [7, 11) is 0. The Morgan fingerprint density at radius 2 is 2.00 bits per heavy atom. The van der Waals surface area contributed by atoms with E-state index in [-0.39, 0.29) is 5.91 Å². The van der Waals surface area contributed by atoms with Gasteiger partial charge in [0.1, 0.15) is 0 Å². The van der Waals surface area contributed by atoms with E-state index in [1.807, 2.05) is 0 Å². The van der Waals surface area contributed by atoms with E-state index in [9.17, 15) is 4.79 Å². The van der Waals surface area contributed by atoms with Gasteiger partial charge in [0.05, 0.1) is 6.42 Å². The summed E-state index contributed by atoms with van der Waals surface area (Å²) in [6, 6.07) is 6.80. The molecule has 1 saturated heterocycles. The second kappa shape index (κ2) is 7.60. The van der Waals surface area contributed by atoms with Crippen LogP contribution >= 0.6 is 0 Å². The molecule has 0 bridgehead atoms. The van der Waals surface area contributed by atoms with Crippen LogP contribution in [0.4, 0.5) is 0 Å². The summed E-state index contributed by atoms with van der Waals surface area (Å²) < 4.78 is 0. The number of amides is 1. The number of carbonyl (C=O) groups excluding carboxylic acids is 1. The minimum absolute atomic E-state index is 0.289. The molecule has 3 heteroatoms. The summed E-state index contributed by atoms with van der Waals surface area (Å²) in [5, 5.41) is 3.38. The van der Waals surface area contributed by atoms with Crippen LogP contribution in [0.5, 0.6) is 0 Å². The normalized spacial score (nSPS) is 16.0. The third-order valence-electron chi connectivity index (χ3n) is 4.38. The maximum absolute atomic E-state index is 12.8. The van der Waals surface area contributed by atoms with Crippen LogP contribution in [0.25, 0.3) is 0 Å². The largest absolute Gasteiger partial charge is 0.339 e. The van der Waals surface area contributed by atoms with Crippen LogP contribution in [0.15, 0.2) is 18.2 Å². The van der Waals surface area contributed by atoms with Gasteiger partial charge in [-0.3, -0.25) is 4.79 Å². The number of nitrogens with one attached hydrogen (secondary N) is 1. The Bertz CT molecular complexity index is 478. The Labute approximate surface area is 128 Å². The van der Waals surface area contributed by atoms with Crippen molar-refractivity contribution in [1.29, 1.82) is 0 Å². The van der Waals surface area contributed by atoms with Crippen molar-refractivity contribution in [3.05, 3.63) is 34.9 Å². The van der Waals surface area contributed by atoms with Crippen molar-refractivity contribution in [2.24, 2.45) is 0 Å². The number of benzene rings is 1. The fourth-order valence-electron chi connectivity index (χ4n) is 3.13. The molecule has 1 aliphatic rings. The highest BCUT2D eigenvalue weighted by molar-refractivity contribution is 5.79. The van der Waals surface area contributed by atoms with Crippen molar-refractivity contribution in [3.63, 3.8) is 0 Å². The fraction of sp³-hybridized carbons (Fsp3) is 0.611. The van der Waals surface area contributed by atoms with Crippen molar-refractivity contribution < 1.29 is 4.79 Å². The predicted molar refractivity (Wildman–Crippen MR) is 87.5 cm³/mol. The molecule has 2 rings (SSSR count). The van der Waals surface area contributed by atoms with Gasteiger partial charge in [-0.15, -0.1) is 0 Å². The average molecular weight is 288 g/mol. The van der Waals surface area contributed by atoms with E-state index in [0.717, 1.165) is 38.9 Å². The molecule has 1 N–H and O–H groups in total. The molecule has 3 nitrogen and oxygen atoms in total. The van der Waals surface area contributed by atoms with Crippen LogP contribution in [0.1, 0.15) is 42.9 Å². The number of hydrogen-bond acceptors (Lipinski definition) is 2. The Kier molecular flexibility index (Phi) is 5.80. The third-order valence-corrected chi connectivity index (χ3v) is 4.38. The number of hydrogen-bond donors (Lipinski definition) is 1. The molecule has 116 valence electrons. The molecule has 1 aromatic carbocycles. The van der Waals surface area contributed by atoms with Crippen molar-refractivity contribution >= 4 is 5.91 Å². The molecule has 1 amide bonds. The van der Waals surface area contributed by atoms with Crippen molar-refractivity contribution in [3.8, 4) is 0 Å². The second-order valence-electron chi connectivity index (χ2n) is 6.18. The van der Waals surface area contributed by atoms with E-state index in [2.05, 4.69) is 49.2 Å². The van der Waals surface area contributed by atoms with Gasteiger partial charge in [0.15, 0.2) is 0 Å². The van der Waals surface area contributed by atoms with Gasteiger partial charge in [-0.25, -0.2) is 0 Å². The molecule has 21 heavy (non-hydrogen) atoms. The summed E-state index contributed by atoms with van der Waals surface area (Å²) >= 11 is 0. The predicted octanol–water partition coefficient (Wildman–Crippen LogP) is 2.84. The first kappa shape index (κ1) is 16.0. The minimum Gasteiger partial charge on any atom is -0.339 e. The Hall–Kier alpha value is -1.35. The highest BCUT2D eigenvalue weighted by Crippen LogP contribution is 2.17. The molecular weight excluding hydrogens is 260 g/mol. The summed E-state index contributed by atoms with van der Waals surface area (Å²) in [5.74, 6) is 0.289. The van der Waals surface area contributed by atoms with Crippen LogP contribution in [-0.4, -0.2) is 36.5 Å². The van der Waals surface area contributed by atoms with Crippen LogP contribution in [0, 0.1) is 13.8 Å². The smallest absolute Gasteiger partial charge is 0.227 e. The monoisotopic (exact) mass is 288 g/mol. The van der Waals surface area contributed by atoms with Gasteiger partial charge >= 0.3 is 0 Å². The Morgan fingerprint density at radius 1 is 1.29 bits per heavy atom. The lowest BCUT2D eigenvalue weighted by atomic mass is 10.00. The standard InChI is InChI=1S/C18H28N2O/c1-4-11-20(17-7-9-19-10-8-17)18(21)13-16-12-14(2)5-6-15(16)3/h5-6,12,17,19H,4,7-11,13H2,1-3H3. The minimum atomic E-state index is 0.289. The van der Waals surface area contributed by atoms with E-state index in [0.29, 0.717) is 12.5 Å². The summed E-state index contributed by atoms with van der Waals surface area (Å²) in [6.07, 6.45) is 3.73. The third kappa shape index (κ3) is 4.31. The number of aryl methyl sites for hydroxylation is 2. The first-order valence-corrected chi connectivity index (χ1v) is 8.18. The number of nitrogens with zero attached hydrogens (tertiary/aromatic N) is 1. The molecule has 0 aromatic heterocycles. The van der Waals surface area contributed by atoms with Gasteiger partial charge in [0.2, 0.25) is 5.91 Å². The zero-order valence-electron chi connectivity index (χ0n) is 13.6. The molecule has 0 unspecified atom stereocenters. The SMILES string of the molecule is CCCN(C(=O)Cc1cc(C)ccc1C)C1CCNCC1. The van der Waals surface area contributed by atoms with Crippen molar-refractivity contribution in [1.82, 2.24) is 10.2 Å². The first-order valence-electron chi connectivity index (χ1n) is 8.18. The van der Waals surface area contributed by atoms with Crippen LogP contribution in [-0.2, 0) is 11.2 Å². The van der Waals surface area contributed by atoms with Crippen LogP contribution < -0.4 is 5.32 Å². The Morgan fingerprint density at radius 3 is 2.67 bits per heavy atom. The molecule has 1 heterocycles. The van der Waals surface area contributed by atoms with Crippen LogP contribution in [0.2, 0.25) is 0 Å². The first-order chi connectivity index (χ1) is 10.1. The van der Waals surface area contributed by atoms with Gasteiger partial charge in [-0.2, -0.15) is 0 Å². The van der Waals surface area contributed by atoms with Gasteiger partial charge in [0.25, 0.3) is 0 Å². The van der Waals surface area contributed by atoms with E-state index in [4.69, 9.17) is 0 Å². The van der Waals surface area contributed by atoms with E-state index >= 15 is 0 Å². The topological polar surface area (TPSA) is 32.3 Å². The zero-order chi connectivity index (χ0) is 15.2. The molecule has 0 saturated carbocycles. The molecule has 1 aliphatic heterocycles. The highest BCUT2D eigenvalue weighted by atomic mass is 16.2. The molecule has 0 spiro atoms. The van der Waals surface area contributed by atoms with Crippen molar-refractivity contribution in [2.75, 3.05) is 19.6 Å². The molecule has 1 aromatic rings. The summed E-state index contributed by atoms with van der Waals surface area (Å²) in [4.78, 5) is 14.9. The van der Waals surface area contributed by atoms with E-state index in [1.165, 1.54) is 16.7 Å². The van der Waals surface area contributed by atoms with Gasteiger partial charge in [0, 0.05) is 12.6 Å². The number of rotatable bonds is 5. The lowest BCUT2D eigenvalue weighted by molar-refractivity contribution is -0.133. The second-order valence-corrected chi connectivity index (χ2v) is 6.18. The molecule has 0 aliphatic carbocycles. The van der Waals surface area contributed by atoms with Gasteiger partial charge in [-0.1, -0.05) is 30.7 Å². The van der Waals surface area contributed by atoms with Gasteiger partial charge in [-0.05, 0) is 57.3 Å². The highest BCUT2D eigenvalue weighted by Gasteiger charge is 2.24. The summed E-state index contributed by atoms with van der Waals surface area (Å²) in [5.41, 5.74) is 3.62. The molecule has 0 radical (unpaired) electrons. The Balaban J connectivity index is 2.08. The van der Waals surface area contributed by atoms with Crippen molar-refractivity contribution in [2.45, 2.75) is 52.5 Å². The zero-order valence-corrected chi connectivity index (χ0v) is 13.6. The molecule has 1 fully saturated rings. The van der Waals surface area contributed by atoms with E-state index < -0.39 is 0 Å². The number of piperidine rings is 1. The molecular formula is C18H28N2O. The van der Waals surface area contributed by atoms with Crippen LogP contribution in [0.3, 0.4) is 0 Å². The quantitative estimate of drug-likeness (QED) is 0.903. The summed E-state index contributed by atoms with van der Waals surface area (Å²) in [6.45, 7) is 9.28.